The van der Waals surface area contributed by atoms with E-state index in [1.807, 2.05) is 0 Å². The molecule has 1 unspecified atom stereocenters. The van der Waals surface area contributed by atoms with Gasteiger partial charge in [-0.05, 0) is 37.4 Å². The molecule has 0 bridgehead atoms. The fourth-order valence-electron chi connectivity index (χ4n) is 1.99. The highest BCUT2D eigenvalue weighted by Crippen LogP contribution is 2.24. The summed E-state index contributed by atoms with van der Waals surface area (Å²) in [7, 11) is 0. The van der Waals surface area contributed by atoms with Crippen LogP contribution in [0.1, 0.15) is 34.1 Å². The molecule has 1 rings (SSSR count). The molecule has 1 atom stereocenters. The number of nitrogens with one attached hydrogen (secondary N) is 2. The third kappa shape index (κ3) is 6.39. The minimum absolute atomic E-state index is 0.416. The fraction of sp³-hybridized carbons (Fsp3) is 1.00. The molecule has 0 saturated carbocycles. The molecule has 0 aromatic carbocycles. The molecule has 17 heavy (non-hydrogen) atoms. The lowest BCUT2D eigenvalue weighted by atomic mass is 9.82. The average molecular weight is 241 g/mol. The maximum Gasteiger partial charge on any atom is 0.0107 e. The first-order valence-electron chi connectivity index (χ1n) is 7.14. The van der Waals surface area contributed by atoms with Gasteiger partial charge in [-0.15, -0.1) is 0 Å². The molecule has 3 nitrogen and oxygen atoms in total. The first kappa shape index (κ1) is 14.9. The normalized spacial score (nSPS) is 21.2. The Morgan fingerprint density at radius 1 is 1.24 bits per heavy atom. The molecule has 3 heteroatoms. The van der Waals surface area contributed by atoms with E-state index in [-0.39, 0.29) is 0 Å². The maximum atomic E-state index is 3.60. The van der Waals surface area contributed by atoms with E-state index in [4.69, 9.17) is 0 Å². The van der Waals surface area contributed by atoms with Crippen LogP contribution < -0.4 is 10.6 Å². The van der Waals surface area contributed by atoms with Crippen molar-refractivity contribution in [1.82, 2.24) is 15.5 Å². The van der Waals surface area contributed by atoms with Crippen LogP contribution in [0.4, 0.5) is 0 Å². The minimum atomic E-state index is 0.416. The highest BCUT2D eigenvalue weighted by atomic mass is 15.2. The van der Waals surface area contributed by atoms with Crippen LogP contribution >= 0.6 is 0 Å². The Hall–Kier alpha value is -0.120. The zero-order valence-corrected chi connectivity index (χ0v) is 12.2. The van der Waals surface area contributed by atoms with Crippen molar-refractivity contribution >= 4 is 0 Å². The van der Waals surface area contributed by atoms with Crippen molar-refractivity contribution in [3.05, 3.63) is 0 Å². The first-order valence-corrected chi connectivity index (χ1v) is 7.14. The number of rotatable bonds is 5. The van der Waals surface area contributed by atoms with Crippen LogP contribution in [0.25, 0.3) is 0 Å². The molecule has 0 aromatic heterocycles. The molecular weight excluding hydrogens is 210 g/mol. The van der Waals surface area contributed by atoms with E-state index >= 15 is 0 Å². The standard InChI is InChI=1S/C14H31N3/c1-13(14(2,3)4)12-16-8-11-17-9-5-6-15-7-10-17/h13,15-16H,5-12H2,1-4H3. The van der Waals surface area contributed by atoms with Gasteiger partial charge in [0.2, 0.25) is 0 Å². The van der Waals surface area contributed by atoms with Gasteiger partial charge in [-0.1, -0.05) is 27.7 Å². The van der Waals surface area contributed by atoms with Gasteiger partial charge in [0, 0.05) is 26.2 Å². The van der Waals surface area contributed by atoms with Crippen LogP contribution in [0.5, 0.6) is 0 Å². The van der Waals surface area contributed by atoms with Crippen molar-refractivity contribution in [2.75, 3.05) is 45.8 Å². The van der Waals surface area contributed by atoms with Gasteiger partial charge in [0.25, 0.3) is 0 Å². The second-order valence-electron chi connectivity index (χ2n) is 6.42. The predicted molar refractivity (Wildman–Crippen MR) is 75.4 cm³/mol. The number of nitrogens with zero attached hydrogens (tertiary/aromatic N) is 1. The van der Waals surface area contributed by atoms with Gasteiger partial charge in [0.15, 0.2) is 0 Å². The van der Waals surface area contributed by atoms with Gasteiger partial charge >= 0.3 is 0 Å². The lowest BCUT2D eigenvalue weighted by molar-refractivity contribution is 0.242. The Morgan fingerprint density at radius 2 is 2.00 bits per heavy atom. The maximum absolute atomic E-state index is 3.60. The van der Waals surface area contributed by atoms with Gasteiger partial charge in [-0.2, -0.15) is 0 Å². The Balaban J connectivity index is 2.07. The zero-order valence-electron chi connectivity index (χ0n) is 12.2. The smallest absolute Gasteiger partial charge is 0.0107 e. The summed E-state index contributed by atoms with van der Waals surface area (Å²) in [6, 6.07) is 0. The largest absolute Gasteiger partial charge is 0.315 e. The Morgan fingerprint density at radius 3 is 2.71 bits per heavy atom. The number of hydrogen-bond acceptors (Lipinski definition) is 3. The summed E-state index contributed by atoms with van der Waals surface area (Å²) in [5, 5.41) is 7.04. The van der Waals surface area contributed by atoms with E-state index in [0.717, 1.165) is 25.6 Å². The molecule has 102 valence electrons. The quantitative estimate of drug-likeness (QED) is 0.715. The van der Waals surface area contributed by atoms with Gasteiger partial charge in [-0.3, -0.25) is 0 Å². The molecule has 0 aromatic rings. The van der Waals surface area contributed by atoms with Gasteiger partial charge in [0.1, 0.15) is 0 Å². The Labute approximate surface area is 107 Å². The van der Waals surface area contributed by atoms with Gasteiger partial charge in [0.05, 0.1) is 0 Å². The van der Waals surface area contributed by atoms with E-state index in [2.05, 4.69) is 43.2 Å². The van der Waals surface area contributed by atoms with Crippen molar-refractivity contribution in [2.24, 2.45) is 11.3 Å². The predicted octanol–water partition coefficient (Wildman–Crippen LogP) is 1.55. The lowest BCUT2D eigenvalue weighted by Crippen LogP contribution is -2.37. The van der Waals surface area contributed by atoms with Crippen LogP contribution in [0.15, 0.2) is 0 Å². The summed E-state index contributed by atoms with van der Waals surface area (Å²) >= 11 is 0. The second-order valence-corrected chi connectivity index (χ2v) is 6.42. The summed E-state index contributed by atoms with van der Waals surface area (Å²) in [6.07, 6.45) is 1.29. The molecular formula is C14H31N3. The topological polar surface area (TPSA) is 27.3 Å². The van der Waals surface area contributed by atoms with Gasteiger partial charge < -0.3 is 15.5 Å². The zero-order chi connectivity index (χ0) is 12.7. The van der Waals surface area contributed by atoms with E-state index in [0.29, 0.717) is 5.41 Å². The van der Waals surface area contributed by atoms with Crippen LogP contribution in [0, 0.1) is 11.3 Å². The highest BCUT2D eigenvalue weighted by Gasteiger charge is 2.19. The van der Waals surface area contributed by atoms with Gasteiger partial charge in [-0.25, -0.2) is 0 Å². The third-order valence-electron chi connectivity index (χ3n) is 3.97. The van der Waals surface area contributed by atoms with E-state index < -0.39 is 0 Å². The molecule has 1 saturated heterocycles. The highest BCUT2D eigenvalue weighted by molar-refractivity contribution is 4.72. The molecule has 1 fully saturated rings. The summed E-state index contributed by atoms with van der Waals surface area (Å²) in [5.41, 5.74) is 0.416. The molecule has 1 heterocycles. The SMILES string of the molecule is CC(CNCCN1CCCNCC1)C(C)(C)C. The van der Waals surface area contributed by atoms with Crippen LogP contribution in [0.2, 0.25) is 0 Å². The summed E-state index contributed by atoms with van der Waals surface area (Å²) in [4.78, 5) is 2.56. The second kappa shape index (κ2) is 7.34. The van der Waals surface area contributed by atoms with Crippen molar-refractivity contribution in [1.29, 1.82) is 0 Å². The molecule has 0 spiro atoms. The first-order chi connectivity index (χ1) is 8.00. The average Bonchev–Trinajstić information content (AvgIpc) is 2.51. The Kier molecular flexibility index (Phi) is 6.45. The third-order valence-corrected chi connectivity index (χ3v) is 3.97. The van der Waals surface area contributed by atoms with Crippen LogP contribution in [-0.4, -0.2) is 50.7 Å². The number of hydrogen-bond donors (Lipinski definition) is 2. The van der Waals surface area contributed by atoms with Crippen LogP contribution in [0.3, 0.4) is 0 Å². The van der Waals surface area contributed by atoms with E-state index in [1.165, 1.54) is 32.6 Å². The van der Waals surface area contributed by atoms with E-state index in [1.54, 1.807) is 0 Å². The van der Waals surface area contributed by atoms with Crippen molar-refractivity contribution in [2.45, 2.75) is 34.1 Å². The molecule has 0 radical (unpaired) electrons. The molecule has 1 aliphatic rings. The summed E-state index contributed by atoms with van der Waals surface area (Å²) in [6.45, 7) is 17.5. The van der Waals surface area contributed by atoms with Crippen molar-refractivity contribution < 1.29 is 0 Å². The minimum Gasteiger partial charge on any atom is -0.315 e. The molecule has 0 amide bonds. The Bertz CT molecular complexity index is 190. The fourth-order valence-corrected chi connectivity index (χ4v) is 1.99. The van der Waals surface area contributed by atoms with Crippen molar-refractivity contribution in [3.63, 3.8) is 0 Å². The lowest BCUT2D eigenvalue weighted by Gasteiger charge is -2.28. The van der Waals surface area contributed by atoms with Crippen LogP contribution in [-0.2, 0) is 0 Å². The molecule has 1 aliphatic heterocycles. The van der Waals surface area contributed by atoms with Crippen molar-refractivity contribution in [3.8, 4) is 0 Å². The summed E-state index contributed by atoms with van der Waals surface area (Å²) in [5.74, 6) is 0.730. The van der Waals surface area contributed by atoms with E-state index in [9.17, 15) is 0 Å². The summed E-state index contributed by atoms with van der Waals surface area (Å²) < 4.78 is 0. The monoisotopic (exact) mass is 241 g/mol. The molecule has 0 aliphatic carbocycles. The molecule has 2 N–H and O–H groups in total.